The van der Waals surface area contributed by atoms with Gasteiger partial charge < -0.3 is 5.32 Å². The monoisotopic (exact) mass is 357 g/mol. The van der Waals surface area contributed by atoms with E-state index in [4.69, 9.17) is 0 Å². The maximum Gasteiger partial charge on any atom is 0.239 e. The van der Waals surface area contributed by atoms with Crippen LogP contribution in [0.5, 0.6) is 0 Å². The van der Waals surface area contributed by atoms with Crippen molar-refractivity contribution < 1.29 is 9.18 Å². The highest BCUT2D eigenvalue weighted by atomic mass is 32.2. The Morgan fingerprint density at radius 1 is 1.16 bits per heavy atom. The molecule has 0 spiro atoms. The fourth-order valence-corrected chi connectivity index (χ4v) is 4.53. The van der Waals surface area contributed by atoms with Crippen LogP contribution in [-0.4, -0.2) is 17.7 Å². The average molecular weight is 357 g/mol. The van der Waals surface area contributed by atoms with Crippen LogP contribution < -0.4 is 16.2 Å². The molecule has 0 radical (unpaired) electrons. The van der Waals surface area contributed by atoms with Crippen LogP contribution in [-0.2, 0) is 4.79 Å². The SMILES string of the molecule is O=C(NC1CCSc2ccc(F)cc21)C1CC(c2ccccc2)NN1. The van der Waals surface area contributed by atoms with Crippen LogP contribution in [0.2, 0.25) is 0 Å². The number of hydrazine groups is 1. The second kappa shape index (κ2) is 7.15. The van der Waals surface area contributed by atoms with Crippen molar-refractivity contribution in [2.75, 3.05) is 5.75 Å². The van der Waals surface area contributed by atoms with E-state index in [-0.39, 0.29) is 29.8 Å². The Bertz CT molecular complexity index is 771. The van der Waals surface area contributed by atoms with E-state index in [1.807, 2.05) is 18.2 Å². The molecule has 3 N–H and O–H groups in total. The molecule has 2 aromatic carbocycles. The average Bonchev–Trinajstić information content (AvgIpc) is 3.13. The van der Waals surface area contributed by atoms with Gasteiger partial charge in [0, 0.05) is 16.7 Å². The first-order valence-electron chi connectivity index (χ1n) is 8.49. The summed E-state index contributed by atoms with van der Waals surface area (Å²) in [4.78, 5) is 13.7. The molecule has 2 aliphatic rings. The van der Waals surface area contributed by atoms with E-state index in [2.05, 4.69) is 28.3 Å². The Kier molecular flexibility index (Phi) is 4.74. The molecule has 130 valence electrons. The number of rotatable bonds is 3. The predicted octanol–water partition coefficient (Wildman–Crippen LogP) is 3.09. The number of hydrogen-bond donors (Lipinski definition) is 3. The summed E-state index contributed by atoms with van der Waals surface area (Å²) in [5.41, 5.74) is 8.33. The smallest absolute Gasteiger partial charge is 0.239 e. The summed E-state index contributed by atoms with van der Waals surface area (Å²) < 4.78 is 13.6. The summed E-state index contributed by atoms with van der Waals surface area (Å²) in [6, 6.07) is 14.6. The first-order valence-corrected chi connectivity index (χ1v) is 9.48. The van der Waals surface area contributed by atoms with Crippen molar-refractivity contribution in [2.24, 2.45) is 0 Å². The lowest BCUT2D eigenvalue weighted by Gasteiger charge is -2.27. The molecule has 1 saturated heterocycles. The number of fused-ring (bicyclic) bond motifs is 1. The molecule has 1 fully saturated rings. The first kappa shape index (κ1) is 16.6. The standard InChI is InChI=1S/C19H20FN3OS/c20-13-6-7-18-14(10-13)15(8-9-25-18)21-19(24)17-11-16(22-23-17)12-4-2-1-3-5-12/h1-7,10,15-17,22-23H,8-9,11H2,(H,21,24). The summed E-state index contributed by atoms with van der Waals surface area (Å²) >= 11 is 1.71. The van der Waals surface area contributed by atoms with Gasteiger partial charge in [-0.2, -0.15) is 0 Å². The van der Waals surface area contributed by atoms with Gasteiger partial charge in [0.15, 0.2) is 0 Å². The molecule has 0 aliphatic carbocycles. The number of nitrogens with one attached hydrogen (secondary N) is 3. The molecule has 0 bridgehead atoms. The van der Waals surface area contributed by atoms with Crippen LogP contribution in [0.3, 0.4) is 0 Å². The predicted molar refractivity (Wildman–Crippen MR) is 96.5 cm³/mol. The van der Waals surface area contributed by atoms with Crippen LogP contribution in [0, 0.1) is 5.82 Å². The van der Waals surface area contributed by atoms with E-state index < -0.39 is 0 Å². The van der Waals surface area contributed by atoms with Crippen molar-refractivity contribution in [3.05, 3.63) is 65.5 Å². The molecule has 2 heterocycles. The number of thioether (sulfide) groups is 1. The molecule has 25 heavy (non-hydrogen) atoms. The van der Waals surface area contributed by atoms with Crippen molar-refractivity contribution in [3.63, 3.8) is 0 Å². The van der Waals surface area contributed by atoms with E-state index in [0.29, 0.717) is 6.42 Å². The van der Waals surface area contributed by atoms with Gasteiger partial charge in [-0.15, -0.1) is 11.8 Å². The number of halogens is 1. The topological polar surface area (TPSA) is 53.2 Å². The van der Waals surface area contributed by atoms with Crippen molar-refractivity contribution in [1.82, 2.24) is 16.2 Å². The third kappa shape index (κ3) is 3.56. The highest BCUT2D eigenvalue weighted by molar-refractivity contribution is 7.99. The van der Waals surface area contributed by atoms with Crippen LogP contribution in [0.4, 0.5) is 4.39 Å². The fraction of sp³-hybridized carbons (Fsp3) is 0.316. The first-order chi connectivity index (χ1) is 12.2. The lowest BCUT2D eigenvalue weighted by molar-refractivity contribution is -0.123. The van der Waals surface area contributed by atoms with E-state index >= 15 is 0 Å². The zero-order chi connectivity index (χ0) is 17.2. The molecular formula is C19H20FN3OS. The summed E-state index contributed by atoms with van der Waals surface area (Å²) in [5, 5.41) is 3.09. The van der Waals surface area contributed by atoms with Gasteiger partial charge in [0.2, 0.25) is 5.91 Å². The minimum Gasteiger partial charge on any atom is -0.348 e. The zero-order valence-corrected chi connectivity index (χ0v) is 14.5. The third-order valence-corrected chi connectivity index (χ3v) is 5.87. The van der Waals surface area contributed by atoms with Crippen molar-refractivity contribution in [2.45, 2.75) is 35.9 Å². The maximum atomic E-state index is 13.6. The Labute approximate surface area is 150 Å². The normalized spacial score (nSPS) is 25.4. The van der Waals surface area contributed by atoms with Gasteiger partial charge in [0.1, 0.15) is 11.9 Å². The number of benzene rings is 2. The highest BCUT2D eigenvalue weighted by Gasteiger charge is 2.32. The maximum absolute atomic E-state index is 13.6. The second-order valence-corrected chi connectivity index (χ2v) is 7.56. The van der Waals surface area contributed by atoms with Gasteiger partial charge in [-0.1, -0.05) is 30.3 Å². The molecule has 6 heteroatoms. The van der Waals surface area contributed by atoms with E-state index in [1.54, 1.807) is 23.9 Å². The van der Waals surface area contributed by atoms with Crippen LogP contribution in [0.25, 0.3) is 0 Å². The van der Waals surface area contributed by atoms with Gasteiger partial charge in [-0.05, 0) is 42.2 Å². The number of hydrogen-bond acceptors (Lipinski definition) is 4. The highest BCUT2D eigenvalue weighted by Crippen LogP contribution is 2.36. The van der Waals surface area contributed by atoms with Crippen LogP contribution >= 0.6 is 11.8 Å². The molecule has 1 amide bonds. The molecule has 0 aromatic heterocycles. The van der Waals surface area contributed by atoms with E-state index in [9.17, 15) is 9.18 Å². The lowest BCUT2D eigenvalue weighted by Crippen LogP contribution is -2.44. The molecule has 4 rings (SSSR count). The zero-order valence-electron chi connectivity index (χ0n) is 13.7. The molecule has 2 aromatic rings. The molecule has 4 nitrogen and oxygen atoms in total. The van der Waals surface area contributed by atoms with Gasteiger partial charge in [-0.3, -0.25) is 4.79 Å². The Morgan fingerprint density at radius 3 is 2.84 bits per heavy atom. The lowest BCUT2D eigenvalue weighted by atomic mass is 10.00. The number of amides is 1. The van der Waals surface area contributed by atoms with Crippen LogP contribution in [0.1, 0.15) is 36.1 Å². The number of carbonyl (C=O) groups excluding carboxylic acids is 1. The minimum absolute atomic E-state index is 0.0435. The third-order valence-electron chi connectivity index (χ3n) is 4.75. The van der Waals surface area contributed by atoms with Gasteiger partial charge in [0.05, 0.1) is 6.04 Å². The summed E-state index contributed by atoms with van der Waals surface area (Å²) in [6.07, 6.45) is 1.50. The fourth-order valence-electron chi connectivity index (χ4n) is 3.42. The molecule has 2 aliphatic heterocycles. The Hall–Kier alpha value is -1.89. The van der Waals surface area contributed by atoms with E-state index in [0.717, 1.165) is 28.2 Å². The van der Waals surface area contributed by atoms with E-state index in [1.165, 1.54) is 6.07 Å². The van der Waals surface area contributed by atoms with Gasteiger partial charge in [0.25, 0.3) is 0 Å². The molecular weight excluding hydrogens is 337 g/mol. The summed E-state index contributed by atoms with van der Waals surface area (Å²) in [7, 11) is 0. The Morgan fingerprint density at radius 2 is 2.00 bits per heavy atom. The Balaban J connectivity index is 1.43. The number of carbonyl (C=O) groups is 1. The molecule has 0 saturated carbocycles. The molecule has 3 unspecified atom stereocenters. The molecule has 3 atom stereocenters. The second-order valence-electron chi connectivity index (χ2n) is 6.42. The van der Waals surface area contributed by atoms with Crippen molar-refractivity contribution in [3.8, 4) is 0 Å². The van der Waals surface area contributed by atoms with Crippen molar-refractivity contribution >= 4 is 17.7 Å². The largest absolute Gasteiger partial charge is 0.348 e. The van der Waals surface area contributed by atoms with Crippen molar-refractivity contribution in [1.29, 1.82) is 0 Å². The summed E-state index contributed by atoms with van der Waals surface area (Å²) in [6.45, 7) is 0. The minimum atomic E-state index is -0.295. The van der Waals surface area contributed by atoms with Crippen LogP contribution in [0.15, 0.2) is 53.4 Å². The van der Waals surface area contributed by atoms with Gasteiger partial charge in [-0.25, -0.2) is 15.2 Å². The quantitative estimate of drug-likeness (QED) is 0.790. The summed E-state index contributed by atoms with van der Waals surface area (Å²) in [5.74, 6) is 0.621. The van der Waals surface area contributed by atoms with Gasteiger partial charge >= 0.3 is 0 Å².